The van der Waals surface area contributed by atoms with Gasteiger partial charge in [-0.1, -0.05) is 18.2 Å². The van der Waals surface area contributed by atoms with E-state index in [2.05, 4.69) is 45.4 Å². The number of likely N-dealkylation sites (tertiary alicyclic amines) is 1. The molecule has 12 heteroatoms. The van der Waals surface area contributed by atoms with E-state index in [0.717, 1.165) is 73.8 Å². The number of benzene rings is 1. The molecule has 0 spiro atoms. The van der Waals surface area contributed by atoms with Crippen LogP contribution in [-0.2, 0) is 23.2 Å². The number of halogens is 3. The van der Waals surface area contributed by atoms with Crippen LogP contribution in [0.2, 0.25) is 0 Å². The Kier molecular flexibility index (Phi) is 7.77. The first-order valence-corrected chi connectivity index (χ1v) is 16.4. The number of fused-ring (bicyclic) bond motifs is 1. The lowest BCUT2D eigenvalue weighted by molar-refractivity contribution is -0.143. The van der Waals surface area contributed by atoms with E-state index in [1.165, 1.54) is 40.0 Å². The molecule has 6 rings (SSSR count). The summed E-state index contributed by atoms with van der Waals surface area (Å²) in [5.41, 5.74) is 1.88. The lowest BCUT2D eigenvalue weighted by Gasteiger charge is -2.35. The van der Waals surface area contributed by atoms with Gasteiger partial charge in [0.1, 0.15) is 15.6 Å². The molecule has 1 aromatic carbocycles. The molecule has 0 aliphatic carbocycles. The summed E-state index contributed by atoms with van der Waals surface area (Å²) in [4.78, 5) is 6.35. The van der Waals surface area contributed by atoms with Gasteiger partial charge in [0.25, 0.3) is 10.0 Å². The van der Waals surface area contributed by atoms with E-state index < -0.39 is 21.9 Å². The number of sulfonamides is 1. The molecule has 0 saturated carbocycles. The van der Waals surface area contributed by atoms with Crippen molar-refractivity contribution in [2.45, 2.75) is 48.4 Å². The average molecular weight is 606 g/mol. The maximum Gasteiger partial charge on any atom is 0.433 e. The van der Waals surface area contributed by atoms with Crippen LogP contribution in [0.4, 0.5) is 13.2 Å². The van der Waals surface area contributed by atoms with Gasteiger partial charge in [0.05, 0.1) is 4.88 Å². The van der Waals surface area contributed by atoms with Crippen LogP contribution in [-0.4, -0.2) is 65.1 Å². The first-order chi connectivity index (χ1) is 19.6. The maximum absolute atomic E-state index is 13.3. The number of para-hydroxylation sites is 1. The molecule has 0 amide bonds. The summed E-state index contributed by atoms with van der Waals surface area (Å²) in [6, 6.07) is 12.5. The number of hydrogen-bond donors (Lipinski definition) is 1. The Bertz CT molecular complexity index is 1610. The number of aryl methyl sites for hydroxylation is 1. The second kappa shape index (κ2) is 11.2. The predicted octanol–water partition coefficient (Wildman–Crippen LogP) is 6.32. The van der Waals surface area contributed by atoms with Crippen molar-refractivity contribution in [3.05, 3.63) is 59.9 Å². The molecule has 0 bridgehead atoms. The molecule has 220 valence electrons. The second-order valence-electron chi connectivity index (χ2n) is 11.2. The van der Waals surface area contributed by atoms with Crippen LogP contribution in [0.1, 0.15) is 49.3 Å². The molecular formula is C29H34F3N5O2S2. The zero-order valence-electron chi connectivity index (χ0n) is 22.9. The van der Waals surface area contributed by atoms with Gasteiger partial charge in [-0.15, -0.1) is 11.3 Å². The van der Waals surface area contributed by atoms with Crippen molar-refractivity contribution in [3.8, 4) is 10.6 Å². The average Bonchev–Trinajstić information content (AvgIpc) is 3.71. The Labute approximate surface area is 242 Å². The largest absolute Gasteiger partial charge is 0.433 e. The van der Waals surface area contributed by atoms with E-state index in [4.69, 9.17) is 0 Å². The van der Waals surface area contributed by atoms with Crippen LogP contribution in [0.15, 0.2) is 52.9 Å². The minimum atomic E-state index is -4.52. The first kappa shape index (κ1) is 28.4. The Morgan fingerprint density at radius 2 is 1.76 bits per heavy atom. The fourth-order valence-electron chi connectivity index (χ4n) is 6.28. The van der Waals surface area contributed by atoms with Gasteiger partial charge in [-0.05, 0) is 93.4 Å². The standard InChI is InChI=1S/C29H34F3N5O2S2/c1-35-27(29(30,31)32)18-25(34-35)26-6-7-28(40-26)41(38,39)37-16-9-20(10-17-37)8-13-36-14-11-21(12-15-36)23-19-33-24-5-3-2-4-22(23)24/h2-7,18-21,33H,8-17H2,1H3. The fourth-order valence-corrected chi connectivity index (χ4v) is 9.17. The highest BCUT2D eigenvalue weighted by Crippen LogP contribution is 2.37. The molecule has 0 unspecified atom stereocenters. The number of hydrogen-bond acceptors (Lipinski definition) is 5. The number of alkyl halides is 3. The van der Waals surface area contributed by atoms with E-state index in [9.17, 15) is 21.6 Å². The summed E-state index contributed by atoms with van der Waals surface area (Å²) in [5.74, 6) is 1.07. The monoisotopic (exact) mass is 605 g/mol. The summed E-state index contributed by atoms with van der Waals surface area (Å²) in [6.07, 6.45) is 2.65. The molecule has 2 saturated heterocycles. The highest BCUT2D eigenvalue weighted by Gasteiger charge is 2.36. The van der Waals surface area contributed by atoms with Gasteiger partial charge >= 0.3 is 6.18 Å². The Morgan fingerprint density at radius 3 is 2.46 bits per heavy atom. The zero-order chi connectivity index (χ0) is 28.8. The molecule has 2 fully saturated rings. The van der Waals surface area contributed by atoms with Crippen molar-refractivity contribution in [1.29, 1.82) is 0 Å². The number of aromatic nitrogens is 3. The number of thiophene rings is 1. The van der Waals surface area contributed by atoms with Gasteiger partial charge < -0.3 is 9.88 Å². The molecule has 41 heavy (non-hydrogen) atoms. The molecular weight excluding hydrogens is 571 g/mol. The van der Waals surface area contributed by atoms with Gasteiger partial charge in [-0.2, -0.15) is 22.6 Å². The smallest absolute Gasteiger partial charge is 0.361 e. The van der Waals surface area contributed by atoms with Crippen molar-refractivity contribution in [2.24, 2.45) is 13.0 Å². The van der Waals surface area contributed by atoms with Gasteiger partial charge in [-0.3, -0.25) is 4.68 Å². The molecule has 0 atom stereocenters. The van der Waals surface area contributed by atoms with Crippen LogP contribution < -0.4 is 0 Å². The third-order valence-electron chi connectivity index (χ3n) is 8.67. The number of nitrogens with zero attached hydrogens (tertiary/aromatic N) is 4. The SMILES string of the molecule is Cn1nc(-c2ccc(S(=O)(=O)N3CCC(CCN4CCC(c5c[nH]c6ccccc56)CC4)CC3)s2)cc1C(F)(F)F. The minimum absolute atomic E-state index is 0.121. The summed E-state index contributed by atoms with van der Waals surface area (Å²) in [7, 11) is -2.47. The molecule has 2 aliphatic rings. The lowest BCUT2D eigenvalue weighted by Crippen LogP contribution is -2.39. The van der Waals surface area contributed by atoms with Crippen molar-refractivity contribution in [1.82, 2.24) is 24.0 Å². The number of rotatable bonds is 7. The van der Waals surface area contributed by atoms with Crippen LogP contribution in [0.5, 0.6) is 0 Å². The third-order valence-corrected chi connectivity index (χ3v) is 12.1. The molecule has 3 aromatic heterocycles. The summed E-state index contributed by atoms with van der Waals surface area (Å²) in [6.45, 7) is 4.13. The van der Waals surface area contributed by atoms with Crippen LogP contribution in [0, 0.1) is 5.92 Å². The number of nitrogens with one attached hydrogen (secondary N) is 1. The van der Waals surface area contributed by atoms with Gasteiger partial charge in [0.15, 0.2) is 0 Å². The lowest BCUT2D eigenvalue weighted by atomic mass is 9.88. The van der Waals surface area contributed by atoms with Crippen molar-refractivity contribution >= 4 is 32.3 Å². The predicted molar refractivity (Wildman–Crippen MR) is 154 cm³/mol. The summed E-state index contributed by atoms with van der Waals surface area (Å²) in [5, 5.41) is 5.28. The minimum Gasteiger partial charge on any atom is -0.361 e. The normalized spacial score (nSPS) is 18.9. The van der Waals surface area contributed by atoms with E-state index in [1.54, 1.807) is 0 Å². The zero-order valence-corrected chi connectivity index (χ0v) is 24.5. The molecule has 7 nitrogen and oxygen atoms in total. The topological polar surface area (TPSA) is 74.2 Å². The van der Waals surface area contributed by atoms with Crippen molar-refractivity contribution < 1.29 is 21.6 Å². The summed E-state index contributed by atoms with van der Waals surface area (Å²) >= 11 is 0.967. The molecule has 1 N–H and O–H groups in total. The highest BCUT2D eigenvalue weighted by molar-refractivity contribution is 7.91. The molecule has 4 aromatic rings. The maximum atomic E-state index is 13.3. The highest BCUT2D eigenvalue weighted by atomic mass is 32.2. The second-order valence-corrected chi connectivity index (χ2v) is 14.4. The van der Waals surface area contributed by atoms with E-state index in [1.807, 2.05) is 0 Å². The van der Waals surface area contributed by atoms with E-state index in [0.29, 0.717) is 29.8 Å². The summed E-state index contributed by atoms with van der Waals surface area (Å²) < 4.78 is 68.5. The number of H-pyrrole nitrogens is 1. The van der Waals surface area contributed by atoms with Gasteiger partial charge in [-0.25, -0.2) is 8.42 Å². The Morgan fingerprint density at radius 1 is 1.02 bits per heavy atom. The molecule has 2 aliphatic heterocycles. The van der Waals surface area contributed by atoms with E-state index in [-0.39, 0.29) is 9.90 Å². The quantitative estimate of drug-likeness (QED) is 0.268. The number of piperidine rings is 2. The Balaban J connectivity index is 0.989. The van der Waals surface area contributed by atoms with Crippen molar-refractivity contribution in [3.63, 3.8) is 0 Å². The molecule has 5 heterocycles. The van der Waals surface area contributed by atoms with Gasteiger partial charge in [0, 0.05) is 37.2 Å². The first-order valence-electron chi connectivity index (χ1n) is 14.1. The fraction of sp³-hybridized carbons (Fsp3) is 0.483. The third kappa shape index (κ3) is 5.84. The van der Waals surface area contributed by atoms with Crippen LogP contribution >= 0.6 is 11.3 Å². The van der Waals surface area contributed by atoms with Crippen molar-refractivity contribution in [2.75, 3.05) is 32.7 Å². The molecule has 0 radical (unpaired) electrons. The van der Waals surface area contributed by atoms with Crippen LogP contribution in [0.25, 0.3) is 21.5 Å². The number of aromatic amines is 1. The van der Waals surface area contributed by atoms with Gasteiger partial charge in [0.2, 0.25) is 0 Å². The van der Waals surface area contributed by atoms with Crippen LogP contribution in [0.3, 0.4) is 0 Å². The van der Waals surface area contributed by atoms with E-state index >= 15 is 0 Å². The Hall–Kier alpha value is -2.67.